The van der Waals surface area contributed by atoms with Gasteiger partial charge >= 0.3 is 0 Å². The van der Waals surface area contributed by atoms with Crippen molar-refractivity contribution >= 4 is 5.78 Å². The van der Waals surface area contributed by atoms with Gasteiger partial charge in [0.05, 0.1) is 0 Å². The van der Waals surface area contributed by atoms with Crippen molar-refractivity contribution in [1.82, 2.24) is 0 Å². The number of Topliss-reactive ketones (excluding diaryl/α,β-unsaturated/α-hetero) is 1. The average molecular weight is 204 g/mol. The van der Waals surface area contributed by atoms with Crippen LogP contribution in [-0.4, -0.2) is 5.78 Å². The molecule has 0 N–H and O–H groups in total. The summed E-state index contributed by atoms with van der Waals surface area (Å²) in [5, 5.41) is 0. The lowest BCUT2D eigenvalue weighted by Crippen LogP contribution is -1.88. The highest BCUT2D eigenvalue weighted by atomic mass is 16.1. The summed E-state index contributed by atoms with van der Waals surface area (Å²) in [6, 6.07) is 9.23. The molecule has 0 aliphatic carbocycles. The number of hydrogen-bond acceptors (Lipinski definition) is 1. The van der Waals surface area contributed by atoms with E-state index in [-0.39, 0.29) is 5.78 Å². The normalized spacial score (nSPS) is 8.67. The Balaban J connectivity index is 0.000000288. The van der Waals surface area contributed by atoms with Gasteiger partial charge in [-0.25, -0.2) is 0 Å². The van der Waals surface area contributed by atoms with Crippen LogP contribution in [0.4, 0.5) is 0 Å². The molecule has 0 amide bonds. The molecule has 0 aromatic heterocycles. The minimum atomic E-state index is 0.121. The van der Waals surface area contributed by atoms with Gasteiger partial charge in [-0.05, 0) is 13.3 Å². The van der Waals surface area contributed by atoms with Gasteiger partial charge in [0.2, 0.25) is 0 Å². The van der Waals surface area contributed by atoms with Crippen molar-refractivity contribution in [1.29, 1.82) is 0 Å². The summed E-state index contributed by atoms with van der Waals surface area (Å²) in [7, 11) is 0. The van der Waals surface area contributed by atoms with Crippen LogP contribution in [0.2, 0.25) is 0 Å². The van der Waals surface area contributed by atoms with Crippen molar-refractivity contribution in [2.75, 3.05) is 0 Å². The molecular weight excluding hydrogens is 184 g/mol. The molecule has 1 aromatic carbocycles. The van der Waals surface area contributed by atoms with Crippen LogP contribution in [0.5, 0.6) is 0 Å². The molecule has 0 atom stereocenters. The van der Waals surface area contributed by atoms with Gasteiger partial charge in [-0.15, -0.1) is 6.58 Å². The summed E-state index contributed by atoms with van der Waals surface area (Å²) in [6.07, 6.45) is 5.72. The number of ketones is 1. The first kappa shape index (κ1) is 13.6. The second kappa shape index (κ2) is 9.20. The second-order valence-corrected chi connectivity index (χ2v) is 3.35. The molecule has 0 aliphatic rings. The van der Waals surface area contributed by atoms with Crippen molar-refractivity contribution in [3.05, 3.63) is 48.6 Å². The van der Waals surface area contributed by atoms with Gasteiger partial charge in [0.1, 0.15) is 0 Å². The number of carbonyl (C=O) groups is 1. The zero-order valence-electron chi connectivity index (χ0n) is 9.70. The topological polar surface area (TPSA) is 17.1 Å². The lowest BCUT2D eigenvalue weighted by Gasteiger charge is -1.89. The minimum absolute atomic E-state index is 0.121. The van der Waals surface area contributed by atoms with Crippen LogP contribution in [0.1, 0.15) is 43.5 Å². The van der Waals surface area contributed by atoms with Crippen LogP contribution in [0.15, 0.2) is 43.0 Å². The molecule has 0 saturated carbocycles. The molecule has 0 unspecified atom stereocenters. The van der Waals surface area contributed by atoms with Gasteiger partial charge in [0.25, 0.3) is 0 Å². The summed E-state index contributed by atoms with van der Waals surface area (Å²) < 4.78 is 0. The Morgan fingerprint density at radius 1 is 1.33 bits per heavy atom. The number of benzene rings is 1. The van der Waals surface area contributed by atoms with Crippen LogP contribution in [0.3, 0.4) is 0 Å². The standard InChI is InChI=1S/C8H8O.C6H12/c1-7(9)8-5-3-2-4-6-8;1-3-5-6-4-2/h2-6H,1H3;3H,1,4-6H2,2H3. The summed E-state index contributed by atoms with van der Waals surface area (Å²) in [4.78, 5) is 10.6. The quantitative estimate of drug-likeness (QED) is 0.407. The first-order valence-electron chi connectivity index (χ1n) is 5.39. The average Bonchev–Trinajstić information content (AvgIpc) is 2.28. The number of allylic oxidation sites excluding steroid dienone is 1. The summed E-state index contributed by atoms with van der Waals surface area (Å²) >= 11 is 0. The van der Waals surface area contributed by atoms with Gasteiger partial charge in [-0.2, -0.15) is 0 Å². The largest absolute Gasteiger partial charge is 0.295 e. The molecule has 1 heteroatoms. The number of carbonyl (C=O) groups excluding carboxylic acids is 1. The third-order valence-corrected chi connectivity index (χ3v) is 1.94. The molecule has 15 heavy (non-hydrogen) atoms. The number of rotatable bonds is 4. The van der Waals surface area contributed by atoms with E-state index in [0.717, 1.165) is 5.56 Å². The lowest BCUT2D eigenvalue weighted by atomic mass is 10.2. The Labute approximate surface area is 92.8 Å². The molecule has 0 saturated heterocycles. The van der Waals surface area contributed by atoms with E-state index in [1.165, 1.54) is 19.3 Å². The Kier molecular flexibility index (Phi) is 8.36. The smallest absolute Gasteiger partial charge is 0.159 e. The zero-order chi connectivity index (χ0) is 11.5. The Morgan fingerprint density at radius 3 is 2.20 bits per heavy atom. The van der Waals surface area contributed by atoms with Crippen LogP contribution >= 0.6 is 0 Å². The molecule has 1 rings (SSSR count). The highest BCUT2D eigenvalue weighted by Crippen LogP contribution is 1.97. The molecule has 1 nitrogen and oxygen atoms in total. The second-order valence-electron chi connectivity index (χ2n) is 3.35. The molecular formula is C14H20O. The Bertz CT molecular complexity index is 275. The SMILES string of the molecule is C=CCCCC.CC(=O)c1ccccc1. The van der Waals surface area contributed by atoms with E-state index < -0.39 is 0 Å². The Morgan fingerprint density at radius 2 is 1.93 bits per heavy atom. The first-order valence-corrected chi connectivity index (χ1v) is 5.39. The summed E-state index contributed by atoms with van der Waals surface area (Å²) in [6.45, 7) is 7.35. The van der Waals surface area contributed by atoms with Gasteiger partial charge in [0.15, 0.2) is 5.78 Å². The predicted molar refractivity (Wildman–Crippen MR) is 66.2 cm³/mol. The van der Waals surface area contributed by atoms with Crippen LogP contribution < -0.4 is 0 Å². The molecule has 82 valence electrons. The van der Waals surface area contributed by atoms with Crippen molar-refractivity contribution in [3.63, 3.8) is 0 Å². The van der Waals surface area contributed by atoms with Crippen molar-refractivity contribution in [2.45, 2.75) is 33.1 Å². The zero-order valence-corrected chi connectivity index (χ0v) is 9.70. The molecule has 0 fully saturated rings. The van der Waals surface area contributed by atoms with E-state index in [1.54, 1.807) is 6.92 Å². The molecule has 0 radical (unpaired) electrons. The maximum Gasteiger partial charge on any atom is 0.159 e. The third-order valence-electron chi connectivity index (χ3n) is 1.94. The molecule has 0 bridgehead atoms. The molecule has 0 spiro atoms. The van der Waals surface area contributed by atoms with Crippen molar-refractivity contribution in [3.8, 4) is 0 Å². The van der Waals surface area contributed by atoms with Gasteiger partial charge in [0, 0.05) is 5.56 Å². The fourth-order valence-electron chi connectivity index (χ4n) is 1.02. The summed E-state index contributed by atoms with van der Waals surface area (Å²) in [5.74, 6) is 0.121. The highest BCUT2D eigenvalue weighted by molar-refractivity contribution is 5.93. The van der Waals surface area contributed by atoms with E-state index in [2.05, 4.69) is 13.5 Å². The van der Waals surface area contributed by atoms with Crippen molar-refractivity contribution in [2.24, 2.45) is 0 Å². The first-order chi connectivity index (χ1) is 7.22. The van der Waals surface area contributed by atoms with E-state index in [1.807, 2.05) is 36.4 Å². The van der Waals surface area contributed by atoms with E-state index in [9.17, 15) is 4.79 Å². The highest BCUT2D eigenvalue weighted by Gasteiger charge is 1.92. The van der Waals surface area contributed by atoms with E-state index in [4.69, 9.17) is 0 Å². The minimum Gasteiger partial charge on any atom is -0.295 e. The molecule has 0 heterocycles. The Hall–Kier alpha value is -1.37. The van der Waals surface area contributed by atoms with Gasteiger partial charge in [-0.3, -0.25) is 4.79 Å². The summed E-state index contributed by atoms with van der Waals surface area (Å²) in [5.41, 5.74) is 0.775. The van der Waals surface area contributed by atoms with Crippen LogP contribution in [0.25, 0.3) is 0 Å². The maximum atomic E-state index is 10.6. The van der Waals surface area contributed by atoms with Crippen LogP contribution in [-0.2, 0) is 0 Å². The monoisotopic (exact) mass is 204 g/mol. The van der Waals surface area contributed by atoms with E-state index in [0.29, 0.717) is 0 Å². The number of hydrogen-bond donors (Lipinski definition) is 0. The fraction of sp³-hybridized carbons (Fsp3) is 0.357. The number of unbranched alkanes of at least 4 members (excludes halogenated alkanes) is 2. The van der Waals surface area contributed by atoms with Crippen molar-refractivity contribution < 1.29 is 4.79 Å². The van der Waals surface area contributed by atoms with E-state index >= 15 is 0 Å². The van der Waals surface area contributed by atoms with Gasteiger partial charge in [-0.1, -0.05) is 56.2 Å². The third kappa shape index (κ3) is 7.68. The molecule has 0 aliphatic heterocycles. The predicted octanol–water partition coefficient (Wildman–Crippen LogP) is 4.25. The van der Waals surface area contributed by atoms with Gasteiger partial charge < -0.3 is 0 Å². The lowest BCUT2D eigenvalue weighted by molar-refractivity contribution is 0.101. The fourth-order valence-corrected chi connectivity index (χ4v) is 1.02. The van der Waals surface area contributed by atoms with Crippen LogP contribution in [0, 0.1) is 0 Å². The maximum absolute atomic E-state index is 10.6. The molecule has 1 aromatic rings.